The first-order chi connectivity index (χ1) is 9.22. The summed E-state index contributed by atoms with van der Waals surface area (Å²) in [5.74, 6) is 2.45. The summed E-state index contributed by atoms with van der Waals surface area (Å²) in [5, 5.41) is 3.49. The van der Waals surface area contributed by atoms with Crippen molar-refractivity contribution in [3.8, 4) is 0 Å². The highest BCUT2D eigenvalue weighted by Crippen LogP contribution is 2.26. The van der Waals surface area contributed by atoms with Crippen molar-refractivity contribution in [2.24, 2.45) is 11.8 Å². The van der Waals surface area contributed by atoms with Gasteiger partial charge in [-0.1, -0.05) is 13.8 Å². The molecule has 1 atom stereocenters. The van der Waals surface area contributed by atoms with Crippen molar-refractivity contribution in [2.45, 2.75) is 45.7 Å². The van der Waals surface area contributed by atoms with E-state index >= 15 is 0 Å². The molecular formula is C15H24N4. The van der Waals surface area contributed by atoms with Gasteiger partial charge in [-0.2, -0.15) is 0 Å². The van der Waals surface area contributed by atoms with Crippen molar-refractivity contribution >= 4 is 5.95 Å². The van der Waals surface area contributed by atoms with E-state index in [0.717, 1.165) is 43.5 Å². The molecule has 0 amide bonds. The normalized spacial score (nSPS) is 23.3. The number of aromatic nitrogens is 2. The number of anilines is 1. The molecule has 19 heavy (non-hydrogen) atoms. The van der Waals surface area contributed by atoms with E-state index in [-0.39, 0.29) is 0 Å². The van der Waals surface area contributed by atoms with Crippen LogP contribution in [-0.4, -0.2) is 29.1 Å². The minimum absolute atomic E-state index is 0.741. The zero-order valence-corrected chi connectivity index (χ0v) is 12.0. The third-order valence-electron chi connectivity index (χ3n) is 4.31. The lowest BCUT2D eigenvalue weighted by atomic mass is 9.95. The summed E-state index contributed by atoms with van der Waals surface area (Å²) >= 11 is 0. The van der Waals surface area contributed by atoms with Crippen molar-refractivity contribution in [3.63, 3.8) is 0 Å². The molecule has 1 N–H and O–H groups in total. The Morgan fingerprint density at radius 3 is 2.58 bits per heavy atom. The van der Waals surface area contributed by atoms with Gasteiger partial charge in [-0.3, -0.25) is 0 Å². The lowest BCUT2D eigenvalue weighted by Gasteiger charge is -2.18. The third-order valence-corrected chi connectivity index (χ3v) is 4.31. The molecule has 1 aromatic rings. The number of hydrogen-bond donors (Lipinski definition) is 1. The zero-order valence-electron chi connectivity index (χ0n) is 12.0. The lowest BCUT2D eigenvalue weighted by molar-refractivity contribution is 0.422. The molecule has 0 bridgehead atoms. The third kappa shape index (κ3) is 3.24. The van der Waals surface area contributed by atoms with E-state index in [0.29, 0.717) is 0 Å². The lowest BCUT2D eigenvalue weighted by Crippen LogP contribution is -2.23. The highest BCUT2D eigenvalue weighted by atomic mass is 15.3. The fourth-order valence-corrected chi connectivity index (χ4v) is 2.67. The molecule has 0 spiro atoms. The summed E-state index contributed by atoms with van der Waals surface area (Å²) in [6.45, 7) is 7.72. The van der Waals surface area contributed by atoms with Crippen molar-refractivity contribution in [2.75, 3.05) is 18.0 Å². The second kappa shape index (κ2) is 5.45. The first-order valence-electron chi connectivity index (χ1n) is 7.51. The van der Waals surface area contributed by atoms with E-state index in [4.69, 9.17) is 0 Å². The zero-order chi connectivity index (χ0) is 13.2. The number of nitrogens with one attached hydrogen (secondary N) is 1. The Labute approximate surface area is 115 Å². The van der Waals surface area contributed by atoms with E-state index in [2.05, 4.69) is 34.0 Å². The molecule has 2 fully saturated rings. The smallest absolute Gasteiger partial charge is 0.225 e. The SMILES string of the molecule is CC(C)C1CCN(c2ncc(CNC3CC3)cn2)C1. The van der Waals surface area contributed by atoms with Crippen molar-refractivity contribution in [3.05, 3.63) is 18.0 Å². The van der Waals surface area contributed by atoms with E-state index in [1.807, 2.05) is 12.4 Å². The molecule has 2 heterocycles. The Morgan fingerprint density at radius 2 is 2.00 bits per heavy atom. The van der Waals surface area contributed by atoms with Gasteiger partial charge in [0.1, 0.15) is 0 Å². The summed E-state index contributed by atoms with van der Waals surface area (Å²) in [5.41, 5.74) is 1.19. The van der Waals surface area contributed by atoms with Crippen LogP contribution in [0.1, 0.15) is 38.7 Å². The molecule has 1 saturated carbocycles. The molecule has 1 aliphatic carbocycles. The van der Waals surface area contributed by atoms with Gasteiger partial charge >= 0.3 is 0 Å². The van der Waals surface area contributed by atoms with Crippen LogP contribution >= 0.6 is 0 Å². The van der Waals surface area contributed by atoms with E-state index in [9.17, 15) is 0 Å². The average molecular weight is 260 g/mol. The molecular weight excluding hydrogens is 236 g/mol. The molecule has 1 aromatic heterocycles. The Kier molecular flexibility index (Phi) is 3.69. The van der Waals surface area contributed by atoms with E-state index in [1.54, 1.807) is 0 Å². The molecule has 1 aliphatic heterocycles. The molecule has 1 saturated heterocycles. The van der Waals surface area contributed by atoms with Crippen molar-refractivity contribution in [1.82, 2.24) is 15.3 Å². The summed E-state index contributed by atoms with van der Waals surface area (Å²) in [6, 6.07) is 0.741. The predicted molar refractivity (Wildman–Crippen MR) is 77.1 cm³/mol. The number of hydrogen-bond acceptors (Lipinski definition) is 4. The predicted octanol–water partition coefficient (Wildman–Crippen LogP) is 2.21. The topological polar surface area (TPSA) is 41.1 Å². The molecule has 2 aliphatic rings. The molecule has 3 rings (SSSR count). The van der Waals surface area contributed by atoms with Crippen LogP contribution in [0.4, 0.5) is 5.95 Å². The van der Waals surface area contributed by atoms with Gasteiger partial charge in [-0.05, 0) is 31.1 Å². The van der Waals surface area contributed by atoms with Gasteiger partial charge in [0.05, 0.1) is 0 Å². The maximum absolute atomic E-state index is 4.53. The Balaban J connectivity index is 1.56. The average Bonchev–Trinajstić information content (AvgIpc) is 3.11. The van der Waals surface area contributed by atoms with Crippen LogP contribution in [-0.2, 0) is 6.54 Å². The van der Waals surface area contributed by atoms with Crippen LogP contribution in [0.25, 0.3) is 0 Å². The quantitative estimate of drug-likeness (QED) is 0.881. The van der Waals surface area contributed by atoms with Crippen LogP contribution in [0.5, 0.6) is 0 Å². The largest absolute Gasteiger partial charge is 0.341 e. The second-order valence-electron chi connectivity index (χ2n) is 6.29. The van der Waals surface area contributed by atoms with Crippen LogP contribution in [0.2, 0.25) is 0 Å². The Bertz CT molecular complexity index is 411. The minimum atomic E-state index is 0.741. The highest BCUT2D eigenvalue weighted by molar-refractivity contribution is 5.31. The van der Waals surface area contributed by atoms with Crippen LogP contribution in [0.15, 0.2) is 12.4 Å². The fourth-order valence-electron chi connectivity index (χ4n) is 2.67. The Hall–Kier alpha value is -1.16. The first kappa shape index (κ1) is 12.9. The second-order valence-corrected chi connectivity index (χ2v) is 6.29. The maximum atomic E-state index is 4.53. The maximum Gasteiger partial charge on any atom is 0.225 e. The van der Waals surface area contributed by atoms with Crippen LogP contribution in [0.3, 0.4) is 0 Å². The fraction of sp³-hybridized carbons (Fsp3) is 0.733. The van der Waals surface area contributed by atoms with Gasteiger partial charge in [0.2, 0.25) is 5.95 Å². The molecule has 104 valence electrons. The first-order valence-corrected chi connectivity index (χ1v) is 7.51. The minimum Gasteiger partial charge on any atom is -0.341 e. The number of nitrogens with zero attached hydrogens (tertiary/aromatic N) is 3. The highest BCUT2D eigenvalue weighted by Gasteiger charge is 2.26. The van der Waals surface area contributed by atoms with Gasteiger partial charge in [0.15, 0.2) is 0 Å². The molecule has 4 nitrogen and oxygen atoms in total. The van der Waals surface area contributed by atoms with E-state index in [1.165, 1.54) is 24.8 Å². The van der Waals surface area contributed by atoms with Gasteiger partial charge in [-0.15, -0.1) is 0 Å². The van der Waals surface area contributed by atoms with Crippen LogP contribution < -0.4 is 10.2 Å². The summed E-state index contributed by atoms with van der Waals surface area (Å²) in [6.07, 6.45) is 7.86. The molecule has 0 aromatic carbocycles. The Morgan fingerprint density at radius 1 is 1.26 bits per heavy atom. The van der Waals surface area contributed by atoms with E-state index < -0.39 is 0 Å². The van der Waals surface area contributed by atoms with Gasteiger partial charge in [0, 0.05) is 43.6 Å². The molecule has 1 unspecified atom stereocenters. The summed E-state index contributed by atoms with van der Waals surface area (Å²) in [4.78, 5) is 11.4. The van der Waals surface area contributed by atoms with Crippen molar-refractivity contribution in [1.29, 1.82) is 0 Å². The number of rotatable bonds is 5. The molecule has 4 heteroatoms. The monoisotopic (exact) mass is 260 g/mol. The van der Waals surface area contributed by atoms with Crippen LogP contribution in [0, 0.1) is 11.8 Å². The summed E-state index contributed by atoms with van der Waals surface area (Å²) < 4.78 is 0. The van der Waals surface area contributed by atoms with Crippen molar-refractivity contribution < 1.29 is 0 Å². The van der Waals surface area contributed by atoms with Gasteiger partial charge < -0.3 is 10.2 Å². The standard InChI is InChI=1S/C15H24N4/c1-11(2)13-5-6-19(10-13)15-17-8-12(9-18-15)7-16-14-3-4-14/h8-9,11,13-14,16H,3-7,10H2,1-2H3. The summed E-state index contributed by atoms with van der Waals surface area (Å²) in [7, 11) is 0. The van der Waals surface area contributed by atoms with Gasteiger partial charge in [-0.25, -0.2) is 9.97 Å². The molecule has 0 radical (unpaired) electrons. The van der Waals surface area contributed by atoms with Gasteiger partial charge in [0.25, 0.3) is 0 Å².